The lowest BCUT2D eigenvalue weighted by atomic mass is 9.90. The van der Waals surface area contributed by atoms with Gasteiger partial charge in [-0.05, 0) is 32.1 Å². The Bertz CT molecular complexity index is 995. The first-order chi connectivity index (χ1) is 19.9. The Morgan fingerprint density at radius 2 is 1.45 bits per heavy atom. The van der Waals surface area contributed by atoms with Gasteiger partial charge in [-0.25, -0.2) is 4.68 Å². The van der Waals surface area contributed by atoms with E-state index >= 15 is 0 Å². The Kier molecular flexibility index (Phi) is 18.1. The lowest BCUT2D eigenvalue weighted by Crippen LogP contribution is -2.34. The fourth-order valence-electron chi connectivity index (χ4n) is 4.22. The van der Waals surface area contributed by atoms with Crippen molar-refractivity contribution in [2.45, 2.75) is 98.1 Å². The summed E-state index contributed by atoms with van der Waals surface area (Å²) in [6, 6.07) is -0.434. The topological polar surface area (TPSA) is 201 Å². The van der Waals surface area contributed by atoms with Gasteiger partial charge in [-0.15, -0.1) is 5.10 Å². The van der Waals surface area contributed by atoms with Gasteiger partial charge in [0.25, 0.3) is 0 Å². The van der Waals surface area contributed by atoms with Crippen LogP contribution in [0.3, 0.4) is 0 Å². The van der Waals surface area contributed by atoms with Crippen molar-refractivity contribution in [3.05, 3.63) is 11.9 Å². The van der Waals surface area contributed by atoms with Crippen LogP contribution < -0.4 is 22.1 Å². The lowest BCUT2D eigenvalue weighted by Gasteiger charge is -2.14. The van der Waals surface area contributed by atoms with Crippen molar-refractivity contribution in [2.75, 3.05) is 26.3 Å². The third-order valence-corrected chi connectivity index (χ3v) is 6.83. The number of hydrogen-bond donors (Lipinski definition) is 4. The number of primary amides is 1. The van der Waals surface area contributed by atoms with Crippen LogP contribution in [0.25, 0.3) is 0 Å². The summed E-state index contributed by atoms with van der Waals surface area (Å²) in [4.78, 5) is 59.5. The molecule has 0 aliphatic rings. The van der Waals surface area contributed by atoms with Crippen molar-refractivity contribution in [1.82, 2.24) is 25.6 Å². The summed E-state index contributed by atoms with van der Waals surface area (Å²) >= 11 is 0. The number of Topliss-reactive ketones (excluding diaryl/α,β-unsaturated/α-hetero) is 2. The standard InChI is InChI=1S/C29H51N7O6/c1-20(2)27(39)23(29(31)41)9-5-7-14-32-25(37)12-11-22-19-36(35-34-22)16-18-42-17-13-26(38)33-15-8-6-10-24(30)28(40)21(3)4/h19-21,23-24H,5-18,30H2,1-4H3,(H2,31,41)(H,32,37)(H,33,38). The Labute approximate surface area is 249 Å². The number of ketones is 2. The molecule has 2 unspecified atom stereocenters. The minimum atomic E-state index is -0.770. The average molecular weight is 594 g/mol. The number of rotatable bonds is 24. The Balaban J connectivity index is 2.10. The molecule has 0 saturated heterocycles. The number of aryl methyl sites for hydroxylation is 1. The summed E-state index contributed by atoms with van der Waals surface area (Å²) in [7, 11) is 0. The largest absolute Gasteiger partial charge is 0.379 e. The fourth-order valence-corrected chi connectivity index (χ4v) is 4.22. The van der Waals surface area contributed by atoms with Crippen LogP contribution in [-0.2, 0) is 41.7 Å². The van der Waals surface area contributed by atoms with Gasteiger partial charge >= 0.3 is 0 Å². The first kappa shape index (κ1) is 36.8. The predicted molar refractivity (Wildman–Crippen MR) is 158 cm³/mol. The number of nitrogens with two attached hydrogens (primary N) is 2. The van der Waals surface area contributed by atoms with E-state index in [0.29, 0.717) is 70.6 Å². The molecule has 1 heterocycles. The van der Waals surface area contributed by atoms with Crippen LogP contribution in [0.2, 0.25) is 0 Å². The quantitative estimate of drug-likeness (QED) is 0.0999. The molecule has 0 radical (unpaired) electrons. The molecule has 2 atom stereocenters. The molecule has 0 fully saturated rings. The van der Waals surface area contributed by atoms with Gasteiger partial charge < -0.3 is 26.8 Å². The molecule has 0 bridgehead atoms. The van der Waals surface area contributed by atoms with Crippen molar-refractivity contribution < 1.29 is 28.7 Å². The monoisotopic (exact) mass is 593 g/mol. The fraction of sp³-hybridized carbons (Fsp3) is 0.759. The highest BCUT2D eigenvalue weighted by Gasteiger charge is 2.25. The van der Waals surface area contributed by atoms with E-state index in [9.17, 15) is 24.0 Å². The molecule has 13 heteroatoms. The third kappa shape index (κ3) is 15.7. The zero-order chi connectivity index (χ0) is 31.5. The number of unbranched alkanes of at least 4 members (excludes halogenated alkanes) is 2. The van der Waals surface area contributed by atoms with E-state index in [1.807, 2.05) is 13.8 Å². The van der Waals surface area contributed by atoms with Crippen LogP contribution in [-0.4, -0.2) is 76.6 Å². The summed E-state index contributed by atoms with van der Waals surface area (Å²) in [5.41, 5.74) is 11.9. The predicted octanol–water partition coefficient (Wildman–Crippen LogP) is 1.07. The van der Waals surface area contributed by atoms with Gasteiger partial charge in [-0.2, -0.15) is 0 Å². The molecule has 6 N–H and O–H groups in total. The molecule has 0 saturated carbocycles. The minimum absolute atomic E-state index is 0.0616. The van der Waals surface area contributed by atoms with Crippen molar-refractivity contribution >= 4 is 29.3 Å². The molecule has 1 aromatic rings. The second-order valence-corrected chi connectivity index (χ2v) is 11.2. The first-order valence-corrected chi connectivity index (χ1v) is 15.0. The molecule has 13 nitrogen and oxygen atoms in total. The highest BCUT2D eigenvalue weighted by atomic mass is 16.5. The van der Waals surface area contributed by atoms with Crippen molar-refractivity contribution in [2.24, 2.45) is 29.2 Å². The normalized spacial score (nSPS) is 12.7. The minimum Gasteiger partial charge on any atom is -0.379 e. The third-order valence-electron chi connectivity index (χ3n) is 6.83. The second-order valence-electron chi connectivity index (χ2n) is 11.2. The van der Waals surface area contributed by atoms with Crippen molar-refractivity contribution in [3.8, 4) is 0 Å². The summed E-state index contributed by atoms with van der Waals surface area (Å²) in [6.45, 7) is 9.31. The maximum atomic E-state index is 12.1. The Morgan fingerprint density at radius 1 is 0.857 bits per heavy atom. The number of nitrogens with one attached hydrogen (secondary N) is 2. The molecule has 0 spiro atoms. The lowest BCUT2D eigenvalue weighted by molar-refractivity contribution is -0.134. The number of amides is 3. The molecule has 0 aliphatic carbocycles. The van der Waals surface area contributed by atoms with E-state index in [1.165, 1.54) is 0 Å². The summed E-state index contributed by atoms with van der Waals surface area (Å²) in [6.07, 6.45) is 6.56. The zero-order valence-electron chi connectivity index (χ0n) is 25.7. The number of nitrogens with zero attached hydrogens (tertiary/aromatic N) is 3. The average Bonchev–Trinajstić information content (AvgIpc) is 3.39. The van der Waals surface area contributed by atoms with Crippen LogP contribution in [0.5, 0.6) is 0 Å². The van der Waals surface area contributed by atoms with Gasteiger partial charge in [0, 0.05) is 50.4 Å². The smallest absolute Gasteiger partial charge is 0.228 e. The van der Waals surface area contributed by atoms with Gasteiger partial charge in [0.2, 0.25) is 17.7 Å². The van der Waals surface area contributed by atoms with E-state index in [1.54, 1.807) is 24.7 Å². The van der Waals surface area contributed by atoms with E-state index in [4.69, 9.17) is 16.2 Å². The van der Waals surface area contributed by atoms with Gasteiger partial charge in [0.1, 0.15) is 5.78 Å². The van der Waals surface area contributed by atoms with Crippen molar-refractivity contribution in [3.63, 3.8) is 0 Å². The summed E-state index contributed by atoms with van der Waals surface area (Å²) < 4.78 is 7.16. The first-order valence-electron chi connectivity index (χ1n) is 15.0. The van der Waals surface area contributed by atoms with Crippen LogP contribution in [0, 0.1) is 17.8 Å². The molecular weight excluding hydrogens is 542 g/mol. The molecule has 0 aliphatic heterocycles. The van der Waals surface area contributed by atoms with Crippen LogP contribution in [0.4, 0.5) is 0 Å². The SMILES string of the molecule is CC(C)C(=O)C(N)CCCCNC(=O)CCOCCn1cc(CCC(=O)NCCCCC(C(N)=O)C(=O)C(C)C)nn1. The summed E-state index contributed by atoms with van der Waals surface area (Å²) in [5.74, 6) is -1.94. The molecule has 1 aromatic heterocycles. The zero-order valence-corrected chi connectivity index (χ0v) is 25.7. The Morgan fingerprint density at radius 3 is 2.05 bits per heavy atom. The molecular formula is C29H51N7O6. The van der Waals surface area contributed by atoms with Crippen molar-refractivity contribution in [1.29, 1.82) is 0 Å². The number of carbonyl (C=O) groups excluding carboxylic acids is 5. The molecule has 3 amide bonds. The van der Waals surface area contributed by atoms with E-state index in [-0.39, 0.29) is 48.1 Å². The maximum Gasteiger partial charge on any atom is 0.228 e. The number of ether oxygens (including phenoxy) is 1. The second kappa shape index (κ2) is 20.6. The van der Waals surface area contributed by atoms with E-state index < -0.39 is 17.9 Å². The number of hydrogen-bond acceptors (Lipinski definition) is 9. The van der Waals surface area contributed by atoms with Crippen LogP contribution in [0.15, 0.2) is 6.20 Å². The van der Waals surface area contributed by atoms with Gasteiger partial charge in [0.15, 0.2) is 5.78 Å². The Hall–Kier alpha value is -3.19. The maximum absolute atomic E-state index is 12.1. The van der Waals surface area contributed by atoms with Gasteiger partial charge in [0.05, 0.1) is 37.4 Å². The number of carbonyl (C=O) groups is 5. The molecule has 42 heavy (non-hydrogen) atoms. The molecule has 1 rings (SSSR count). The van der Waals surface area contributed by atoms with Crippen LogP contribution in [0.1, 0.15) is 84.8 Å². The van der Waals surface area contributed by atoms with Gasteiger partial charge in [-0.1, -0.05) is 39.3 Å². The van der Waals surface area contributed by atoms with Crippen LogP contribution >= 0.6 is 0 Å². The molecule has 238 valence electrons. The number of aromatic nitrogens is 3. The molecule has 0 aromatic carbocycles. The highest BCUT2D eigenvalue weighted by molar-refractivity contribution is 6.01. The van der Waals surface area contributed by atoms with E-state index in [2.05, 4.69) is 20.9 Å². The van der Waals surface area contributed by atoms with Gasteiger partial charge in [-0.3, -0.25) is 24.0 Å². The highest BCUT2D eigenvalue weighted by Crippen LogP contribution is 2.14. The summed E-state index contributed by atoms with van der Waals surface area (Å²) in [5, 5.41) is 13.8. The van der Waals surface area contributed by atoms with E-state index in [0.717, 1.165) is 12.8 Å².